The second kappa shape index (κ2) is 54.4. The van der Waals surface area contributed by atoms with Gasteiger partial charge in [-0.2, -0.15) is 0 Å². The molecular formula is C59H102O5. The SMILES string of the molecule is CC/C=C\C/C=C\C/C=C\C/C=C\CCC(=O)OC(COCCCCCCCC/C=C\C/C=C\C/C=C\CC)COC(=O)CCCCCCCCCCCCCCCCCCCCC. The molecule has 0 aliphatic carbocycles. The second-order valence-corrected chi connectivity index (χ2v) is 17.7. The summed E-state index contributed by atoms with van der Waals surface area (Å²) in [7, 11) is 0. The number of hydrogen-bond donors (Lipinski definition) is 0. The van der Waals surface area contributed by atoms with Crippen molar-refractivity contribution < 1.29 is 23.8 Å². The van der Waals surface area contributed by atoms with E-state index in [4.69, 9.17) is 14.2 Å². The van der Waals surface area contributed by atoms with Crippen molar-refractivity contribution in [3.8, 4) is 0 Å². The molecule has 0 aromatic carbocycles. The molecule has 0 amide bonds. The lowest BCUT2D eigenvalue weighted by atomic mass is 10.0. The quantitative estimate of drug-likeness (QED) is 0.0346. The van der Waals surface area contributed by atoms with Gasteiger partial charge >= 0.3 is 11.9 Å². The third kappa shape index (κ3) is 51.7. The molecule has 5 nitrogen and oxygen atoms in total. The van der Waals surface area contributed by atoms with Crippen molar-refractivity contribution in [2.75, 3.05) is 19.8 Å². The molecule has 0 spiro atoms. The van der Waals surface area contributed by atoms with Gasteiger partial charge in [0.05, 0.1) is 6.61 Å². The summed E-state index contributed by atoms with van der Waals surface area (Å²) in [5, 5.41) is 0. The first-order valence-electron chi connectivity index (χ1n) is 27.1. The molecule has 0 heterocycles. The van der Waals surface area contributed by atoms with Crippen LogP contribution in [-0.2, 0) is 23.8 Å². The van der Waals surface area contributed by atoms with Crippen molar-refractivity contribution in [1.29, 1.82) is 0 Å². The van der Waals surface area contributed by atoms with Crippen LogP contribution in [0.25, 0.3) is 0 Å². The first kappa shape index (κ1) is 61.1. The Kier molecular flexibility index (Phi) is 51.9. The van der Waals surface area contributed by atoms with Crippen LogP contribution in [0.3, 0.4) is 0 Å². The first-order chi connectivity index (χ1) is 31.6. The number of carbonyl (C=O) groups excluding carboxylic acids is 2. The Hall–Kier alpha value is -2.92. The summed E-state index contributed by atoms with van der Waals surface area (Å²) in [6.07, 6.45) is 71.9. The van der Waals surface area contributed by atoms with E-state index in [1.807, 2.05) is 6.08 Å². The molecule has 0 aliphatic rings. The van der Waals surface area contributed by atoms with E-state index in [1.165, 1.54) is 135 Å². The Labute approximate surface area is 397 Å². The van der Waals surface area contributed by atoms with Crippen LogP contribution in [0.5, 0.6) is 0 Å². The molecule has 0 aliphatic heterocycles. The van der Waals surface area contributed by atoms with E-state index in [-0.39, 0.29) is 25.2 Å². The van der Waals surface area contributed by atoms with E-state index in [0.717, 1.165) is 77.0 Å². The van der Waals surface area contributed by atoms with Crippen molar-refractivity contribution in [1.82, 2.24) is 0 Å². The van der Waals surface area contributed by atoms with E-state index >= 15 is 0 Å². The van der Waals surface area contributed by atoms with Crippen molar-refractivity contribution in [2.45, 2.75) is 258 Å². The minimum atomic E-state index is -0.583. The fraction of sp³-hybridized carbons (Fsp3) is 0.729. The van der Waals surface area contributed by atoms with Gasteiger partial charge in [-0.3, -0.25) is 9.59 Å². The van der Waals surface area contributed by atoms with Crippen LogP contribution in [0, 0.1) is 0 Å². The fourth-order valence-corrected chi connectivity index (χ4v) is 7.48. The Balaban J connectivity index is 4.31. The second-order valence-electron chi connectivity index (χ2n) is 17.7. The van der Waals surface area contributed by atoms with Gasteiger partial charge in [0.1, 0.15) is 6.61 Å². The van der Waals surface area contributed by atoms with Gasteiger partial charge in [-0.25, -0.2) is 0 Å². The molecular weight excluding hydrogens is 789 g/mol. The van der Waals surface area contributed by atoms with Gasteiger partial charge < -0.3 is 14.2 Å². The van der Waals surface area contributed by atoms with Gasteiger partial charge in [0.15, 0.2) is 6.10 Å². The number of ether oxygens (including phenoxy) is 3. The van der Waals surface area contributed by atoms with Gasteiger partial charge in [0.25, 0.3) is 0 Å². The Morgan fingerprint density at radius 1 is 0.359 bits per heavy atom. The highest BCUT2D eigenvalue weighted by Crippen LogP contribution is 2.16. The minimum Gasteiger partial charge on any atom is -0.462 e. The largest absolute Gasteiger partial charge is 0.462 e. The number of esters is 2. The molecule has 0 fully saturated rings. The number of hydrogen-bond acceptors (Lipinski definition) is 5. The zero-order valence-corrected chi connectivity index (χ0v) is 42.3. The molecule has 1 atom stereocenters. The summed E-state index contributed by atoms with van der Waals surface area (Å²) < 4.78 is 17.3. The number of rotatable bonds is 49. The molecule has 64 heavy (non-hydrogen) atoms. The average molecular weight is 891 g/mol. The zero-order valence-electron chi connectivity index (χ0n) is 42.3. The summed E-state index contributed by atoms with van der Waals surface area (Å²) in [6, 6.07) is 0. The van der Waals surface area contributed by atoms with Gasteiger partial charge in [-0.05, 0) is 77.0 Å². The Morgan fingerprint density at radius 2 is 0.734 bits per heavy atom. The van der Waals surface area contributed by atoms with Crippen molar-refractivity contribution >= 4 is 11.9 Å². The topological polar surface area (TPSA) is 61.8 Å². The van der Waals surface area contributed by atoms with Crippen LogP contribution in [-0.4, -0.2) is 37.9 Å². The lowest BCUT2D eigenvalue weighted by molar-refractivity contribution is -0.162. The smallest absolute Gasteiger partial charge is 0.306 e. The third-order valence-electron chi connectivity index (χ3n) is 11.4. The van der Waals surface area contributed by atoms with Crippen molar-refractivity contribution in [2.24, 2.45) is 0 Å². The van der Waals surface area contributed by atoms with Crippen LogP contribution < -0.4 is 0 Å². The molecule has 0 bridgehead atoms. The highest BCUT2D eigenvalue weighted by atomic mass is 16.6. The normalized spacial score (nSPS) is 12.9. The van der Waals surface area contributed by atoms with Gasteiger partial charge in [-0.1, -0.05) is 247 Å². The van der Waals surface area contributed by atoms with Gasteiger partial charge in [0, 0.05) is 19.4 Å². The molecule has 1 unspecified atom stereocenters. The molecule has 368 valence electrons. The molecule has 0 saturated heterocycles. The van der Waals surface area contributed by atoms with Crippen LogP contribution in [0.2, 0.25) is 0 Å². The molecule has 0 N–H and O–H groups in total. The van der Waals surface area contributed by atoms with E-state index in [1.54, 1.807) is 0 Å². The van der Waals surface area contributed by atoms with Gasteiger partial charge in [0.2, 0.25) is 0 Å². The highest BCUT2D eigenvalue weighted by molar-refractivity contribution is 5.70. The van der Waals surface area contributed by atoms with E-state index < -0.39 is 6.10 Å². The lowest BCUT2D eigenvalue weighted by Crippen LogP contribution is -2.30. The molecule has 0 radical (unpaired) electrons. The van der Waals surface area contributed by atoms with E-state index in [0.29, 0.717) is 25.9 Å². The fourth-order valence-electron chi connectivity index (χ4n) is 7.48. The Morgan fingerprint density at radius 3 is 1.19 bits per heavy atom. The first-order valence-corrected chi connectivity index (χ1v) is 27.1. The maximum atomic E-state index is 12.8. The predicted octanol–water partition coefficient (Wildman–Crippen LogP) is 18.5. The molecule has 5 heteroatoms. The van der Waals surface area contributed by atoms with Crippen molar-refractivity contribution in [3.63, 3.8) is 0 Å². The lowest BCUT2D eigenvalue weighted by Gasteiger charge is -2.18. The maximum absolute atomic E-state index is 12.8. The number of unbranched alkanes of at least 4 members (excludes halogenated alkanes) is 24. The van der Waals surface area contributed by atoms with Crippen LogP contribution in [0.4, 0.5) is 0 Å². The number of carbonyl (C=O) groups is 2. The van der Waals surface area contributed by atoms with Crippen LogP contribution in [0.15, 0.2) is 85.1 Å². The Bertz CT molecular complexity index is 1190. The summed E-state index contributed by atoms with van der Waals surface area (Å²) in [5.41, 5.74) is 0. The predicted molar refractivity (Wildman–Crippen MR) is 279 cm³/mol. The third-order valence-corrected chi connectivity index (χ3v) is 11.4. The maximum Gasteiger partial charge on any atom is 0.306 e. The average Bonchev–Trinajstić information content (AvgIpc) is 3.30. The van der Waals surface area contributed by atoms with Gasteiger partial charge in [-0.15, -0.1) is 0 Å². The molecule has 0 saturated carbocycles. The van der Waals surface area contributed by atoms with E-state index in [9.17, 15) is 9.59 Å². The van der Waals surface area contributed by atoms with Crippen LogP contribution >= 0.6 is 0 Å². The van der Waals surface area contributed by atoms with Crippen LogP contribution in [0.1, 0.15) is 252 Å². The highest BCUT2D eigenvalue weighted by Gasteiger charge is 2.17. The monoisotopic (exact) mass is 891 g/mol. The summed E-state index contributed by atoms with van der Waals surface area (Å²) >= 11 is 0. The minimum absolute atomic E-state index is 0.0503. The molecule has 0 rings (SSSR count). The summed E-state index contributed by atoms with van der Waals surface area (Å²) in [4.78, 5) is 25.4. The summed E-state index contributed by atoms with van der Waals surface area (Å²) in [5.74, 6) is -0.493. The number of allylic oxidation sites excluding steroid dienone is 14. The standard InChI is InChI=1S/C59H102O5/c1-4-7-10-13-16-19-22-25-27-29-30-31-32-35-37-40-43-46-49-52-58(60)63-56-57(64-59(61)53-50-47-44-41-38-34-24-21-18-15-12-9-6-3)55-62-54-51-48-45-42-39-36-33-28-26-23-20-17-14-11-8-5-2/h8-9,11-12,17-18,20-21,26,28,34,38,44,47,57H,4-7,10,13-16,19,22-25,27,29-33,35-37,39-43,45-46,48-56H2,1-3H3/b11-8-,12-9-,20-17-,21-18-,28-26-,38-34-,47-44-. The molecule has 0 aromatic rings. The summed E-state index contributed by atoms with van der Waals surface area (Å²) in [6.45, 7) is 7.52. The molecule has 0 aromatic heterocycles. The van der Waals surface area contributed by atoms with Crippen molar-refractivity contribution in [3.05, 3.63) is 85.1 Å². The van der Waals surface area contributed by atoms with E-state index in [2.05, 4.69) is 99.8 Å². The zero-order chi connectivity index (χ0) is 46.3.